The highest BCUT2D eigenvalue weighted by atomic mass is 35.5. The molecule has 0 saturated heterocycles. The molecule has 0 atom stereocenters. The van der Waals surface area contributed by atoms with E-state index in [4.69, 9.17) is 11.6 Å². The fourth-order valence-corrected chi connectivity index (χ4v) is 2.51. The first-order valence-corrected chi connectivity index (χ1v) is 8.27. The number of halogens is 1. The van der Waals surface area contributed by atoms with Crippen LogP contribution >= 0.6 is 11.6 Å². The van der Waals surface area contributed by atoms with E-state index in [1.54, 1.807) is 12.1 Å². The maximum atomic E-state index is 11.5. The van der Waals surface area contributed by atoms with Gasteiger partial charge in [-0.2, -0.15) is 0 Å². The lowest BCUT2D eigenvalue weighted by atomic mass is 10.2. The van der Waals surface area contributed by atoms with E-state index in [9.17, 15) is 10.1 Å². The van der Waals surface area contributed by atoms with Gasteiger partial charge in [-0.1, -0.05) is 54.1 Å². The Morgan fingerprint density at radius 2 is 1.42 bits per heavy atom. The van der Waals surface area contributed by atoms with E-state index < -0.39 is 4.92 Å². The van der Waals surface area contributed by atoms with Crippen LogP contribution in [-0.2, 0) is 13.1 Å². The molecule has 1 heterocycles. The molecule has 2 N–H and O–H groups in total. The molecule has 0 fully saturated rings. The van der Waals surface area contributed by atoms with Gasteiger partial charge in [0.25, 0.3) is 0 Å². The maximum absolute atomic E-state index is 11.5. The second-order valence-electron chi connectivity index (χ2n) is 5.50. The number of benzene rings is 2. The van der Waals surface area contributed by atoms with Gasteiger partial charge in [-0.25, -0.2) is 9.97 Å². The van der Waals surface area contributed by atoms with Gasteiger partial charge < -0.3 is 10.6 Å². The molecule has 132 valence electrons. The monoisotopic (exact) mass is 369 g/mol. The zero-order valence-corrected chi connectivity index (χ0v) is 14.5. The van der Waals surface area contributed by atoms with E-state index in [1.807, 2.05) is 42.5 Å². The fourth-order valence-electron chi connectivity index (χ4n) is 2.38. The van der Waals surface area contributed by atoms with E-state index in [1.165, 1.54) is 6.33 Å². The predicted octanol–water partition coefficient (Wildman–Crippen LogP) is 4.26. The molecular formula is C18H16ClN5O2. The number of hydrogen-bond acceptors (Lipinski definition) is 6. The molecule has 2 aromatic carbocycles. The van der Waals surface area contributed by atoms with Crippen molar-refractivity contribution in [3.8, 4) is 0 Å². The van der Waals surface area contributed by atoms with Crippen LogP contribution in [0.25, 0.3) is 0 Å². The van der Waals surface area contributed by atoms with E-state index in [0.29, 0.717) is 18.1 Å². The summed E-state index contributed by atoms with van der Waals surface area (Å²) in [6, 6.07) is 16.8. The summed E-state index contributed by atoms with van der Waals surface area (Å²) in [6.45, 7) is 0.808. The van der Waals surface area contributed by atoms with Crippen LogP contribution in [0.3, 0.4) is 0 Å². The third-order valence-electron chi connectivity index (χ3n) is 3.68. The van der Waals surface area contributed by atoms with Crippen LogP contribution in [0.1, 0.15) is 11.1 Å². The van der Waals surface area contributed by atoms with Gasteiger partial charge in [-0.05, 0) is 23.3 Å². The fraction of sp³-hybridized carbons (Fsp3) is 0.111. The first-order chi connectivity index (χ1) is 12.6. The number of nitrogens with zero attached hydrogens (tertiary/aromatic N) is 3. The van der Waals surface area contributed by atoms with Crippen LogP contribution in [0.15, 0.2) is 60.9 Å². The Bertz CT molecular complexity index is 888. The zero-order chi connectivity index (χ0) is 18.4. The summed E-state index contributed by atoms with van der Waals surface area (Å²) in [4.78, 5) is 19.1. The highest BCUT2D eigenvalue weighted by molar-refractivity contribution is 6.30. The van der Waals surface area contributed by atoms with Crippen molar-refractivity contribution in [1.82, 2.24) is 9.97 Å². The number of hydrogen-bond donors (Lipinski definition) is 2. The Kier molecular flexibility index (Phi) is 5.60. The molecule has 1 aromatic heterocycles. The Morgan fingerprint density at radius 1 is 0.885 bits per heavy atom. The van der Waals surface area contributed by atoms with E-state index in [0.717, 1.165) is 11.1 Å². The second-order valence-corrected chi connectivity index (χ2v) is 5.93. The Hall–Kier alpha value is -3.19. The molecule has 0 aliphatic rings. The molecular weight excluding hydrogens is 354 g/mol. The van der Waals surface area contributed by atoms with Crippen molar-refractivity contribution in [2.75, 3.05) is 10.6 Å². The van der Waals surface area contributed by atoms with Crippen molar-refractivity contribution in [2.24, 2.45) is 0 Å². The van der Waals surface area contributed by atoms with Crippen LogP contribution in [0, 0.1) is 10.1 Å². The van der Waals surface area contributed by atoms with Crippen molar-refractivity contribution in [1.29, 1.82) is 0 Å². The van der Waals surface area contributed by atoms with Crippen LogP contribution in [0.5, 0.6) is 0 Å². The maximum Gasteiger partial charge on any atom is 0.353 e. The van der Waals surface area contributed by atoms with Crippen molar-refractivity contribution >= 4 is 28.9 Å². The van der Waals surface area contributed by atoms with Gasteiger partial charge in [0.2, 0.25) is 11.6 Å². The summed E-state index contributed by atoms with van der Waals surface area (Å²) >= 11 is 5.86. The van der Waals surface area contributed by atoms with E-state index in [2.05, 4.69) is 20.6 Å². The molecule has 0 saturated carbocycles. The van der Waals surface area contributed by atoms with Gasteiger partial charge >= 0.3 is 5.69 Å². The number of nitro groups is 1. The van der Waals surface area contributed by atoms with Gasteiger partial charge in [0.15, 0.2) is 0 Å². The topological polar surface area (TPSA) is 93.0 Å². The molecule has 0 unspecified atom stereocenters. The highest BCUT2D eigenvalue weighted by Gasteiger charge is 2.22. The van der Waals surface area contributed by atoms with E-state index >= 15 is 0 Å². The summed E-state index contributed by atoms with van der Waals surface area (Å²) < 4.78 is 0. The summed E-state index contributed by atoms with van der Waals surface area (Å²) in [6.07, 6.45) is 1.30. The lowest BCUT2D eigenvalue weighted by Crippen LogP contribution is -2.10. The minimum atomic E-state index is -0.489. The average molecular weight is 370 g/mol. The molecule has 8 heteroatoms. The van der Waals surface area contributed by atoms with Gasteiger partial charge in [0.1, 0.15) is 6.33 Å². The van der Waals surface area contributed by atoms with Gasteiger partial charge in [0, 0.05) is 18.1 Å². The third kappa shape index (κ3) is 4.46. The van der Waals surface area contributed by atoms with E-state index in [-0.39, 0.29) is 17.3 Å². The number of rotatable bonds is 7. The first kappa shape index (κ1) is 17.6. The second kappa shape index (κ2) is 8.26. The number of anilines is 2. The SMILES string of the molecule is O=[N+]([O-])c1c(NCc2ccccc2)ncnc1NCc1ccc(Cl)cc1. The van der Waals surface area contributed by atoms with Gasteiger partial charge in [-0.3, -0.25) is 10.1 Å². The zero-order valence-electron chi connectivity index (χ0n) is 13.7. The van der Waals surface area contributed by atoms with Crippen LogP contribution in [0.4, 0.5) is 17.3 Å². The lowest BCUT2D eigenvalue weighted by Gasteiger charge is -2.10. The first-order valence-electron chi connectivity index (χ1n) is 7.89. The van der Waals surface area contributed by atoms with Crippen molar-refractivity contribution in [3.63, 3.8) is 0 Å². The van der Waals surface area contributed by atoms with Crippen molar-refractivity contribution in [3.05, 3.63) is 87.2 Å². The molecule has 7 nitrogen and oxygen atoms in total. The molecule has 26 heavy (non-hydrogen) atoms. The minimum Gasteiger partial charge on any atom is -0.360 e. The molecule has 0 bridgehead atoms. The van der Waals surface area contributed by atoms with Crippen LogP contribution in [0.2, 0.25) is 5.02 Å². The molecule has 3 rings (SSSR count). The normalized spacial score (nSPS) is 10.3. The summed E-state index contributed by atoms with van der Waals surface area (Å²) in [5, 5.41) is 18.2. The van der Waals surface area contributed by atoms with Gasteiger partial charge in [0.05, 0.1) is 4.92 Å². The molecule has 0 aliphatic carbocycles. The minimum absolute atomic E-state index is 0.163. The van der Waals surface area contributed by atoms with Crippen molar-refractivity contribution < 1.29 is 4.92 Å². The summed E-state index contributed by atoms with van der Waals surface area (Å²) in [5.41, 5.74) is 1.74. The Balaban J connectivity index is 1.77. The van der Waals surface area contributed by atoms with Gasteiger partial charge in [-0.15, -0.1) is 0 Å². The summed E-state index contributed by atoms with van der Waals surface area (Å²) in [5.74, 6) is 0.336. The predicted molar refractivity (Wildman–Crippen MR) is 101 cm³/mol. The van der Waals surface area contributed by atoms with Crippen molar-refractivity contribution in [2.45, 2.75) is 13.1 Å². The quantitative estimate of drug-likeness (QED) is 0.477. The largest absolute Gasteiger partial charge is 0.360 e. The molecule has 0 radical (unpaired) electrons. The number of nitrogens with one attached hydrogen (secondary N) is 2. The molecule has 3 aromatic rings. The molecule has 0 aliphatic heterocycles. The van der Waals surface area contributed by atoms with Crippen LogP contribution in [-0.4, -0.2) is 14.9 Å². The Morgan fingerprint density at radius 3 is 1.96 bits per heavy atom. The molecule has 0 spiro atoms. The summed E-state index contributed by atoms with van der Waals surface area (Å²) in [7, 11) is 0. The number of aromatic nitrogens is 2. The standard InChI is InChI=1S/C18H16ClN5O2/c19-15-8-6-14(7-9-15)11-21-18-16(24(25)26)17(22-12-23-18)20-10-13-4-2-1-3-5-13/h1-9,12H,10-11H2,(H2,20,21,22,23). The third-order valence-corrected chi connectivity index (χ3v) is 3.93. The van der Waals surface area contributed by atoms with Crippen LogP contribution < -0.4 is 10.6 Å². The lowest BCUT2D eigenvalue weighted by molar-refractivity contribution is -0.383. The highest BCUT2D eigenvalue weighted by Crippen LogP contribution is 2.29. The molecule has 0 amide bonds. The Labute approximate surface area is 155 Å². The smallest absolute Gasteiger partial charge is 0.353 e. The average Bonchev–Trinajstić information content (AvgIpc) is 2.66.